The van der Waals surface area contributed by atoms with E-state index in [0.717, 1.165) is 34.7 Å². The van der Waals surface area contributed by atoms with Crippen molar-refractivity contribution in [3.63, 3.8) is 0 Å². The summed E-state index contributed by atoms with van der Waals surface area (Å²) in [6, 6.07) is 6.35. The molecule has 0 atom stereocenters. The van der Waals surface area contributed by atoms with E-state index in [2.05, 4.69) is 55.7 Å². The minimum Gasteiger partial charge on any atom is -0.334 e. The fourth-order valence-electron chi connectivity index (χ4n) is 2.97. The van der Waals surface area contributed by atoms with Gasteiger partial charge in [0.1, 0.15) is 11.3 Å². The molecule has 4 aromatic rings. The number of imidazole rings is 1. The summed E-state index contributed by atoms with van der Waals surface area (Å²) >= 11 is 1.69. The Kier molecular flexibility index (Phi) is 3.97. The van der Waals surface area contributed by atoms with Gasteiger partial charge in [0.15, 0.2) is 0 Å². The van der Waals surface area contributed by atoms with Crippen molar-refractivity contribution in [3.05, 3.63) is 53.2 Å². The van der Waals surface area contributed by atoms with Crippen molar-refractivity contribution < 1.29 is 0 Å². The monoisotopic (exact) mass is 349 g/mol. The molecular formula is C19H19N5S. The third-order valence-corrected chi connectivity index (χ3v) is 5.15. The van der Waals surface area contributed by atoms with E-state index in [0.29, 0.717) is 0 Å². The Morgan fingerprint density at radius 3 is 2.80 bits per heavy atom. The first kappa shape index (κ1) is 15.8. The molecule has 6 heteroatoms. The van der Waals surface area contributed by atoms with Gasteiger partial charge in [-0.2, -0.15) is 11.3 Å². The van der Waals surface area contributed by atoms with Crippen LogP contribution in [0.5, 0.6) is 0 Å². The number of hydrogen-bond acceptors (Lipinski definition) is 5. The standard InChI is InChI=1S/C19H19N5S/c1-4-13-7-15(14-5-6-25-11-14)20-10-18(13)24(3)19-8-17-16(9-21-19)22-12-23(17)2/h5-12H,4H2,1-3H3. The summed E-state index contributed by atoms with van der Waals surface area (Å²) in [6.45, 7) is 2.17. The minimum atomic E-state index is 0.885. The molecule has 4 heterocycles. The molecule has 0 N–H and O–H groups in total. The third kappa shape index (κ3) is 2.78. The Morgan fingerprint density at radius 2 is 2.04 bits per heavy atom. The van der Waals surface area contributed by atoms with Gasteiger partial charge in [0.25, 0.3) is 0 Å². The lowest BCUT2D eigenvalue weighted by Gasteiger charge is -2.21. The van der Waals surface area contributed by atoms with Crippen LogP contribution in [0.25, 0.3) is 22.3 Å². The van der Waals surface area contributed by atoms with Gasteiger partial charge in [0, 0.05) is 31.1 Å². The van der Waals surface area contributed by atoms with Crippen molar-refractivity contribution in [1.82, 2.24) is 19.5 Å². The lowest BCUT2D eigenvalue weighted by atomic mass is 10.1. The Hall–Kier alpha value is -2.73. The summed E-state index contributed by atoms with van der Waals surface area (Å²) < 4.78 is 2.01. The molecule has 0 amide bonds. The Bertz CT molecular complexity index is 1020. The first-order valence-corrected chi connectivity index (χ1v) is 9.14. The number of fused-ring (bicyclic) bond motifs is 1. The number of nitrogens with zero attached hydrogens (tertiary/aromatic N) is 5. The van der Waals surface area contributed by atoms with Crippen LogP contribution in [-0.4, -0.2) is 26.6 Å². The van der Waals surface area contributed by atoms with Gasteiger partial charge in [-0.15, -0.1) is 0 Å². The number of pyridine rings is 2. The van der Waals surface area contributed by atoms with Gasteiger partial charge in [-0.3, -0.25) is 4.98 Å². The molecule has 0 radical (unpaired) electrons. The summed E-state index contributed by atoms with van der Waals surface area (Å²) in [5, 5.41) is 4.21. The van der Waals surface area contributed by atoms with Gasteiger partial charge in [-0.1, -0.05) is 6.92 Å². The first-order valence-electron chi connectivity index (χ1n) is 8.19. The van der Waals surface area contributed by atoms with Gasteiger partial charge >= 0.3 is 0 Å². The van der Waals surface area contributed by atoms with Gasteiger partial charge in [0.05, 0.1) is 35.6 Å². The quantitative estimate of drug-likeness (QED) is 0.547. The lowest BCUT2D eigenvalue weighted by molar-refractivity contribution is 0.946. The van der Waals surface area contributed by atoms with Crippen LogP contribution >= 0.6 is 11.3 Å². The average molecular weight is 349 g/mol. The molecule has 0 spiro atoms. The largest absolute Gasteiger partial charge is 0.334 e. The lowest BCUT2D eigenvalue weighted by Crippen LogP contribution is -2.14. The Labute approximate surface area is 150 Å². The summed E-state index contributed by atoms with van der Waals surface area (Å²) in [4.78, 5) is 15.7. The van der Waals surface area contributed by atoms with E-state index < -0.39 is 0 Å². The maximum Gasteiger partial charge on any atom is 0.134 e. The third-order valence-electron chi connectivity index (χ3n) is 4.47. The van der Waals surface area contributed by atoms with E-state index in [9.17, 15) is 0 Å². The van der Waals surface area contributed by atoms with Crippen LogP contribution < -0.4 is 4.90 Å². The van der Waals surface area contributed by atoms with Crippen LogP contribution in [0.1, 0.15) is 12.5 Å². The maximum absolute atomic E-state index is 4.67. The predicted molar refractivity (Wildman–Crippen MR) is 104 cm³/mol. The van der Waals surface area contributed by atoms with Crippen LogP contribution in [0.15, 0.2) is 47.7 Å². The zero-order chi connectivity index (χ0) is 17.4. The number of anilines is 2. The van der Waals surface area contributed by atoms with Crippen molar-refractivity contribution in [2.75, 3.05) is 11.9 Å². The molecular weight excluding hydrogens is 330 g/mol. The number of aryl methyl sites for hydroxylation is 2. The molecule has 0 saturated heterocycles. The zero-order valence-electron chi connectivity index (χ0n) is 14.5. The average Bonchev–Trinajstić information content (AvgIpc) is 3.31. The number of aromatic nitrogens is 4. The molecule has 25 heavy (non-hydrogen) atoms. The van der Waals surface area contributed by atoms with Crippen LogP contribution in [0.2, 0.25) is 0 Å². The van der Waals surface area contributed by atoms with Crippen LogP contribution in [0, 0.1) is 0 Å². The highest BCUT2D eigenvalue weighted by molar-refractivity contribution is 7.08. The minimum absolute atomic E-state index is 0.885. The second-order valence-corrected chi connectivity index (χ2v) is 6.79. The summed E-state index contributed by atoms with van der Waals surface area (Å²) in [6.07, 6.45) is 6.51. The van der Waals surface area contributed by atoms with Crippen LogP contribution in [0.3, 0.4) is 0 Å². The molecule has 4 rings (SSSR count). The maximum atomic E-state index is 4.67. The second-order valence-electron chi connectivity index (χ2n) is 6.01. The normalized spacial score (nSPS) is 11.2. The highest BCUT2D eigenvalue weighted by atomic mass is 32.1. The van der Waals surface area contributed by atoms with Gasteiger partial charge in [-0.05, 0) is 29.5 Å². The van der Waals surface area contributed by atoms with Gasteiger partial charge in [0.2, 0.25) is 0 Å². The van der Waals surface area contributed by atoms with E-state index in [1.54, 1.807) is 11.3 Å². The molecule has 0 saturated carbocycles. The van der Waals surface area contributed by atoms with E-state index in [-0.39, 0.29) is 0 Å². The first-order chi connectivity index (χ1) is 12.2. The van der Waals surface area contributed by atoms with Gasteiger partial charge < -0.3 is 9.47 Å². The van der Waals surface area contributed by atoms with Crippen LogP contribution in [0.4, 0.5) is 11.5 Å². The molecule has 0 unspecified atom stereocenters. The number of hydrogen-bond donors (Lipinski definition) is 0. The molecule has 126 valence electrons. The SMILES string of the molecule is CCc1cc(-c2ccsc2)ncc1N(C)c1cc2c(cn1)ncn2C. The molecule has 5 nitrogen and oxygen atoms in total. The smallest absolute Gasteiger partial charge is 0.134 e. The fourth-order valence-corrected chi connectivity index (χ4v) is 3.62. The Balaban J connectivity index is 1.75. The summed E-state index contributed by atoms with van der Waals surface area (Å²) in [5.41, 5.74) is 6.49. The van der Waals surface area contributed by atoms with E-state index in [1.807, 2.05) is 37.4 Å². The molecule has 0 aliphatic carbocycles. The molecule has 0 bridgehead atoms. The number of rotatable bonds is 4. The Morgan fingerprint density at radius 1 is 1.16 bits per heavy atom. The van der Waals surface area contributed by atoms with Crippen LogP contribution in [-0.2, 0) is 13.5 Å². The van der Waals surface area contributed by atoms with Gasteiger partial charge in [-0.25, -0.2) is 9.97 Å². The van der Waals surface area contributed by atoms with Crippen molar-refractivity contribution in [2.45, 2.75) is 13.3 Å². The zero-order valence-corrected chi connectivity index (χ0v) is 15.3. The van der Waals surface area contributed by atoms with E-state index in [4.69, 9.17) is 0 Å². The van der Waals surface area contributed by atoms with Crippen molar-refractivity contribution in [1.29, 1.82) is 0 Å². The molecule has 0 aliphatic heterocycles. The molecule has 0 aromatic carbocycles. The highest BCUT2D eigenvalue weighted by Crippen LogP contribution is 2.30. The molecule has 4 aromatic heterocycles. The number of thiophene rings is 1. The fraction of sp³-hybridized carbons (Fsp3) is 0.211. The second kappa shape index (κ2) is 6.29. The van der Waals surface area contributed by atoms with Crippen molar-refractivity contribution in [2.24, 2.45) is 7.05 Å². The van der Waals surface area contributed by atoms with Crippen molar-refractivity contribution in [3.8, 4) is 11.3 Å². The summed E-state index contributed by atoms with van der Waals surface area (Å²) in [5.74, 6) is 0.885. The predicted octanol–water partition coefficient (Wildman–Crippen LogP) is 4.42. The van der Waals surface area contributed by atoms with E-state index in [1.165, 1.54) is 11.1 Å². The molecule has 0 aliphatic rings. The van der Waals surface area contributed by atoms with E-state index >= 15 is 0 Å². The topological polar surface area (TPSA) is 46.8 Å². The molecule has 0 fully saturated rings. The van der Waals surface area contributed by atoms with Crippen molar-refractivity contribution >= 4 is 33.9 Å². The summed E-state index contributed by atoms with van der Waals surface area (Å²) in [7, 11) is 4.03. The highest BCUT2D eigenvalue weighted by Gasteiger charge is 2.13.